The smallest absolute Gasteiger partial charge is 0.239 e. The second-order valence-corrected chi connectivity index (χ2v) is 4.01. The van der Waals surface area contributed by atoms with Crippen molar-refractivity contribution in [3.63, 3.8) is 0 Å². The van der Waals surface area contributed by atoms with Crippen LogP contribution in [0.15, 0.2) is 0 Å². The summed E-state index contributed by atoms with van der Waals surface area (Å²) in [5.74, 6) is -0.540. The van der Waals surface area contributed by atoms with Gasteiger partial charge >= 0.3 is 0 Å². The highest BCUT2D eigenvalue weighted by Gasteiger charge is 2.39. The lowest BCUT2D eigenvalue weighted by Crippen LogP contribution is -2.50. The van der Waals surface area contributed by atoms with Crippen molar-refractivity contribution in [2.75, 3.05) is 0 Å². The van der Waals surface area contributed by atoms with Crippen LogP contribution in [0.2, 0.25) is 0 Å². The van der Waals surface area contributed by atoms with Crippen molar-refractivity contribution in [1.82, 2.24) is 5.32 Å². The Balaban J connectivity index is 2.45. The minimum atomic E-state index is -0.565. The molecule has 0 aromatic heterocycles. The highest BCUT2D eigenvalue weighted by molar-refractivity contribution is 5.89. The van der Waals surface area contributed by atoms with Crippen molar-refractivity contribution in [1.29, 1.82) is 0 Å². The van der Waals surface area contributed by atoms with E-state index in [2.05, 4.69) is 5.32 Å². The number of carbonyl (C=O) groups excluding carboxylic acids is 2. The van der Waals surface area contributed by atoms with Crippen LogP contribution in [0.3, 0.4) is 0 Å². The van der Waals surface area contributed by atoms with Gasteiger partial charge in [0.1, 0.15) is 6.04 Å². The van der Waals surface area contributed by atoms with Crippen molar-refractivity contribution < 1.29 is 9.59 Å². The van der Waals surface area contributed by atoms with Crippen molar-refractivity contribution in [2.45, 2.75) is 39.2 Å². The topological polar surface area (TPSA) is 72.2 Å². The summed E-state index contributed by atoms with van der Waals surface area (Å²) < 4.78 is 0. The van der Waals surface area contributed by atoms with Crippen LogP contribution in [0.1, 0.15) is 33.1 Å². The number of hydrogen-bond donors (Lipinski definition) is 2. The molecule has 0 aromatic carbocycles. The Labute approximate surface area is 77.9 Å². The molecule has 1 rings (SSSR count). The average Bonchev–Trinajstić information content (AvgIpc) is 1.99. The van der Waals surface area contributed by atoms with E-state index in [1.807, 2.05) is 6.92 Å². The van der Waals surface area contributed by atoms with E-state index < -0.39 is 11.9 Å². The van der Waals surface area contributed by atoms with Crippen LogP contribution in [0, 0.1) is 5.41 Å². The Morgan fingerprint density at radius 2 is 2.00 bits per heavy atom. The summed E-state index contributed by atoms with van der Waals surface area (Å²) in [5, 5.41) is 2.61. The molecule has 2 amide bonds. The van der Waals surface area contributed by atoms with Crippen molar-refractivity contribution in [3.05, 3.63) is 0 Å². The van der Waals surface area contributed by atoms with Crippen LogP contribution in [0.4, 0.5) is 0 Å². The molecule has 0 aromatic rings. The fraction of sp³-hybridized carbons (Fsp3) is 0.778. The van der Waals surface area contributed by atoms with Gasteiger partial charge in [-0.2, -0.15) is 0 Å². The first kappa shape index (κ1) is 10.0. The molecule has 1 aliphatic rings. The SMILES string of the molecule is C[C@@H](NC(=O)C1(C)CCC1)C(N)=O. The van der Waals surface area contributed by atoms with E-state index in [1.54, 1.807) is 6.92 Å². The lowest BCUT2D eigenvalue weighted by atomic mass is 9.70. The van der Waals surface area contributed by atoms with Gasteiger partial charge in [0.15, 0.2) is 0 Å². The van der Waals surface area contributed by atoms with E-state index in [0.29, 0.717) is 0 Å². The molecule has 0 saturated heterocycles. The number of primary amides is 1. The Kier molecular flexibility index (Phi) is 2.59. The lowest BCUT2D eigenvalue weighted by molar-refractivity contribution is -0.137. The van der Waals surface area contributed by atoms with Crippen molar-refractivity contribution in [3.8, 4) is 0 Å². The Bertz CT molecular complexity index is 234. The number of nitrogens with two attached hydrogens (primary N) is 1. The monoisotopic (exact) mass is 184 g/mol. The zero-order chi connectivity index (χ0) is 10.1. The first-order chi connectivity index (χ1) is 5.96. The Hall–Kier alpha value is -1.06. The standard InChI is InChI=1S/C9H16N2O2/c1-6(7(10)12)11-8(13)9(2)4-3-5-9/h6H,3-5H2,1-2H3,(H2,10,12)(H,11,13)/t6-/m1/s1. The van der Waals surface area contributed by atoms with Gasteiger partial charge in [-0.05, 0) is 19.8 Å². The van der Waals surface area contributed by atoms with Crippen LogP contribution < -0.4 is 11.1 Å². The van der Waals surface area contributed by atoms with Gasteiger partial charge in [-0.15, -0.1) is 0 Å². The van der Waals surface area contributed by atoms with Crippen LogP contribution >= 0.6 is 0 Å². The molecule has 0 bridgehead atoms. The van der Waals surface area contributed by atoms with Crippen molar-refractivity contribution >= 4 is 11.8 Å². The molecule has 0 heterocycles. The minimum absolute atomic E-state index is 0.0509. The normalized spacial score (nSPS) is 21.4. The molecule has 13 heavy (non-hydrogen) atoms. The first-order valence-electron chi connectivity index (χ1n) is 4.56. The highest BCUT2D eigenvalue weighted by Crippen LogP contribution is 2.40. The zero-order valence-corrected chi connectivity index (χ0v) is 8.09. The fourth-order valence-corrected chi connectivity index (χ4v) is 1.38. The number of amides is 2. The number of rotatable bonds is 3. The summed E-state index contributed by atoms with van der Waals surface area (Å²) in [6, 6.07) is -0.565. The predicted octanol–water partition coefficient (Wildman–Crippen LogP) is 0.167. The summed E-state index contributed by atoms with van der Waals surface area (Å²) >= 11 is 0. The van der Waals surface area contributed by atoms with Gasteiger partial charge in [0.05, 0.1) is 0 Å². The van der Waals surface area contributed by atoms with Gasteiger partial charge in [-0.25, -0.2) is 0 Å². The molecule has 0 unspecified atom stereocenters. The molecule has 1 atom stereocenters. The molecule has 1 saturated carbocycles. The molecule has 4 heteroatoms. The van der Waals surface area contributed by atoms with Gasteiger partial charge in [-0.3, -0.25) is 9.59 Å². The molecule has 0 aliphatic heterocycles. The van der Waals surface area contributed by atoms with Gasteiger partial charge in [-0.1, -0.05) is 13.3 Å². The van der Waals surface area contributed by atoms with Crippen LogP contribution in [0.25, 0.3) is 0 Å². The number of carbonyl (C=O) groups is 2. The lowest BCUT2D eigenvalue weighted by Gasteiger charge is -2.37. The molecule has 1 aliphatic carbocycles. The van der Waals surface area contributed by atoms with Gasteiger partial charge in [0.2, 0.25) is 11.8 Å². The van der Waals surface area contributed by atoms with E-state index >= 15 is 0 Å². The Morgan fingerprint density at radius 1 is 1.46 bits per heavy atom. The second-order valence-electron chi connectivity index (χ2n) is 4.01. The third-order valence-electron chi connectivity index (χ3n) is 2.78. The molecule has 0 spiro atoms. The maximum absolute atomic E-state index is 11.5. The molecular weight excluding hydrogens is 168 g/mol. The maximum Gasteiger partial charge on any atom is 0.239 e. The molecule has 1 fully saturated rings. The van der Waals surface area contributed by atoms with Crippen LogP contribution in [-0.4, -0.2) is 17.9 Å². The van der Waals surface area contributed by atoms with Crippen LogP contribution in [0.5, 0.6) is 0 Å². The van der Waals surface area contributed by atoms with E-state index in [4.69, 9.17) is 5.73 Å². The number of hydrogen-bond acceptors (Lipinski definition) is 2. The minimum Gasteiger partial charge on any atom is -0.368 e. The van der Waals surface area contributed by atoms with Gasteiger partial charge in [0, 0.05) is 5.41 Å². The largest absolute Gasteiger partial charge is 0.368 e. The summed E-state index contributed by atoms with van der Waals surface area (Å²) in [4.78, 5) is 22.2. The third kappa shape index (κ3) is 1.99. The van der Waals surface area contributed by atoms with Crippen molar-refractivity contribution in [2.24, 2.45) is 11.1 Å². The molecule has 0 radical (unpaired) electrons. The summed E-state index contributed by atoms with van der Waals surface area (Å²) in [7, 11) is 0. The maximum atomic E-state index is 11.5. The predicted molar refractivity (Wildman–Crippen MR) is 48.8 cm³/mol. The van der Waals surface area contributed by atoms with Crippen LogP contribution in [-0.2, 0) is 9.59 Å². The second kappa shape index (κ2) is 3.36. The van der Waals surface area contributed by atoms with E-state index in [-0.39, 0.29) is 11.3 Å². The summed E-state index contributed by atoms with van der Waals surface area (Å²) in [6.45, 7) is 3.52. The van der Waals surface area contributed by atoms with Gasteiger partial charge in [0.25, 0.3) is 0 Å². The molecule has 3 N–H and O–H groups in total. The Morgan fingerprint density at radius 3 is 2.31 bits per heavy atom. The van der Waals surface area contributed by atoms with E-state index in [9.17, 15) is 9.59 Å². The van der Waals surface area contributed by atoms with Gasteiger partial charge < -0.3 is 11.1 Å². The molecule has 4 nitrogen and oxygen atoms in total. The van der Waals surface area contributed by atoms with E-state index in [1.165, 1.54) is 0 Å². The average molecular weight is 184 g/mol. The third-order valence-corrected chi connectivity index (χ3v) is 2.78. The first-order valence-corrected chi connectivity index (χ1v) is 4.56. The zero-order valence-electron chi connectivity index (χ0n) is 8.09. The fourth-order valence-electron chi connectivity index (χ4n) is 1.38. The molecule has 74 valence electrons. The quantitative estimate of drug-likeness (QED) is 0.656. The van der Waals surface area contributed by atoms with E-state index in [0.717, 1.165) is 19.3 Å². The number of nitrogens with one attached hydrogen (secondary N) is 1. The highest BCUT2D eigenvalue weighted by atomic mass is 16.2. The summed E-state index contributed by atoms with van der Waals surface area (Å²) in [6.07, 6.45) is 2.91. The summed E-state index contributed by atoms with van der Waals surface area (Å²) in [5.41, 5.74) is 4.77. The molecular formula is C9H16N2O2.